The van der Waals surface area contributed by atoms with Crippen molar-refractivity contribution in [2.24, 2.45) is 5.84 Å². The highest BCUT2D eigenvalue weighted by Gasteiger charge is 2.50. The van der Waals surface area contributed by atoms with Gasteiger partial charge in [0.2, 0.25) is 0 Å². The number of aromatic nitrogens is 2. The molecule has 2 aliphatic heterocycles. The predicted octanol–water partition coefficient (Wildman–Crippen LogP) is -2.30. The Morgan fingerprint density at radius 3 is 2.70 bits per heavy atom. The van der Waals surface area contributed by atoms with Gasteiger partial charge in [0, 0.05) is 12.7 Å². The number of carbonyl (C=O) groups is 3. The number of fused-ring (bicyclic) bond motifs is 2. The van der Waals surface area contributed by atoms with Crippen molar-refractivity contribution in [2.75, 3.05) is 12.3 Å². The van der Waals surface area contributed by atoms with Gasteiger partial charge >= 0.3 is 16.4 Å². The Hall–Kier alpha value is -2.75. The van der Waals surface area contributed by atoms with E-state index < -0.39 is 40.3 Å². The van der Waals surface area contributed by atoms with E-state index in [4.69, 9.17) is 16.1 Å². The van der Waals surface area contributed by atoms with Gasteiger partial charge in [-0.3, -0.25) is 14.1 Å². The van der Waals surface area contributed by atoms with Gasteiger partial charge in [0.25, 0.3) is 11.8 Å². The molecule has 2 fully saturated rings. The molecule has 2 aliphatic rings. The van der Waals surface area contributed by atoms with Crippen molar-refractivity contribution in [1.82, 2.24) is 24.5 Å². The number of hydroxylamine groups is 2. The molecule has 148 valence electrons. The normalized spacial score (nSPS) is 22.2. The maximum Gasteiger partial charge on any atom is 0.418 e. The molecule has 0 spiro atoms. The zero-order valence-corrected chi connectivity index (χ0v) is 14.7. The molecule has 0 aromatic carbocycles. The molecule has 5 N–H and O–H groups in total. The van der Waals surface area contributed by atoms with Crippen LogP contribution in [0.25, 0.3) is 0 Å². The molecule has 27 heavy (non-hydrogen) atoms. The summed E-state index contributed by atoms with van der Waals surface area (Å²) in [5, 5.41) is 0.903. The molecule has 3 rings (SSSR count). The fourth-order valence-electron chi connectivity index (χ4n) is 3.07. The molecule has 0 aliphatic carbocycles. The first-order valence-electron chi connectivity index (χ1n) is 7.72. The van der Waals surface area contributed by atoms with Crippen LogP contribution in [-0.4, -0.2) is 74.0 Å². The van der Waals surface area contributed by atoms with Crippen LogP contribution in [0.15, 0.2) is 12.5 Å². The lowest BCUT2D eigenvalue weighted by atomic mass is 10.00. The molecular weight excluding hydrogens is 386 g/mol. The van der Waals surface area contributed by atoms with Crippen LogP contribution in [0.3, 0.4) is 0 Å². The first-order valence-corrected chi connectivity index (χ1v) is 9.09. The van der Waals surface area contributed by atoms with E-state index in [2.05, 4.69) is 9.27 Å². The van der Waals surface area contributed by atoms with Crippen molar-refractivity contribution < 1.29 is 31.6 Å². The highest BCUT2D eigenvalue weighted by molar-refractivity contribution is 7.80. The Bertz CT molecular complexity index is 884. The third-order valence-corrected chi connectivity index (χ3v) is 4.61. The third-order valence-electron chi connectivity index (χ3n) is 4.26. The van der Waals surface area contributed by atoms with E-state index in [0.29, 0.717) is 10.1 Å². The SMILES string of the molecule is Nc1cn(CC(=O)N(N)C(=O)[C@@H]2CC[C@@H]3CN2C(=O)N3OS(=O)(=O)O)cn1. The molecule has 3 heterocycles. The number of nitrogens with zero attached hydrogens (tertiary/aromatic N) is 5. The lowest BCUT2D eigenvalue weighted by Crippen LogP contribution is -2.55. The first-order chi connectivity index (χ1) is 12.6. The lowest BCUT2D eigenvalue weighted by molar-refractivity contribution is -0.149. The second-order valence-electron chi connectivity index (χ2n) is 6.08. The number of anilines is 1. The zero-order chi connectivity index (χ0) is 19.9. The zero-order valence-electron chi connectivity index (χ0n) is 13.8. The van der Waals surface area contributed by atoms with E-state index in [9.17, 15) is 22.8 Å². The molecule has 1 aromatic heterocycles. The maximum atomic E-state index is 12.6. The summed E-state index contributed by atoms with van der Waals surface area (Å²) in [7, 11) is -4.89. The molecule has 15 heteroatoms. The molecule has 4 amide bonds. The van der Waals surface area contributed by atoms with Crippen LogP contribution in [0.5, 0.6) is 0 Å². The second kappa shape index (κ2) is 6.76. The number of amides is 4. The predicted molar refractivity (Wildman–Crippen MR) is 86.1 cm³/mol. The summed E-state index contributed by atoms with van der Waals surface area (Å²) in [4.78, 5) is 41.8. The maximum absolute atomic E-state index is 12.6. The van der Waals surface area contributed by atoms with Crippen LogP contribution >= 0.6 is 0 Å². The molecule has 2 atom stereocenters. The van der Waals surface area contributed by atoms with E-state index in [0.717, 1.165) is 4.90 Å². The molecule has 0 unspecified atom stereocenters. The van der Waals surface area contributed by atoms with Gasteiger partial charge in [-0.05, 0) is 12.8 Å². The van der Waals surface area contributed by atoms with Crippen molar-refractivity contribution in [1.29, 1.82) is 0 Å². The summed E-state index contributed by atoms with van der Waals surface area (Å²) >= 11 is 0. The Morgan fingerprint density at radius 2 is 2.11 bits per heavy atom. The number of hydrazine groups is 1. The van der Waals surface area contributed by atoms with Crippen molar-refractivity contribution >= 4 is 34.1 Å². The van der Waals surface area contributed by atoms with E-state index in [1.807, 2.05) is 0 Å². The van der Waals surface area contributed by atoms with Crippen LogP contribution in [0, 0.1) is 0 Å². The van der Waals surface area contributed by atoms with Crippen molar-refractivity contribution in [3.05, 3.63) is 12.5 Å². The number of nitrogen functional groups attached to an aromatic ring is 1. The van der Waals surface area contributed by atoms with Gasteiger partial charge in [-0.25, -0.2) is 20.6 Å². The molecule has 2 bridgehead atoms. The summed E-state index contributed by atoms with van der Waals surface area (Å²) in [5.41, 5.74) is 5.44. The molecule has 1 aromatic rings. The second-order valence-corrected chi connectivity index (χ2v) is 7.09. The molecule has 0 radical (unpaired) electrons. The number of urea groups is 1. The number of rotatable bonds is 5. The van der Waals surface area contributed by atoms with Crippen molar-refractivity contribution in [2.45, 2.75) is 31.5 Å². The number of carbonyl (C=O) groups excluding carboxylic acids is 3. The van der Waals surface area contributed by atoms with E-state index in [1.165, 1.54) is 17.1 Å². The van der Waals surface area contributed by atoms with Crippen LogP contribution in [0.2, 0.25) is 0 Å². The van der Waals surface area contributed by atoms with Crippen molar-refractivity contribution in [3.8, 4) is 0 Å². The molecule has 0 saturated carbocycles. The lowest BCUT2D eigenvalue weighted by Gasteiger charge is -2.31. The van der Waals surface area contributed by atoms with Gasteiger partial charge in [-0.1, -0.05) is 0 Å². The highest BCUT2D eigenvalue weighted by atomic mass is 32.3. The topological polar surface area (TPSA) is 194 Å². The number of nitrogens with two attached hydrogens (primary N) is 2. The first kappa shape index (κ1) is 19.0. The fourth-order valence-corrected chi connectivity index (χ4v) is 3.46. The molecule has 14 nitrogen and oxygen atoms in total. The van der Waals surface area contributed by atoms with Gasteiger partial charge in [0.05, 0.1) is 12.4 Å². The van der Waals surface area contributed by atoms with Crippen LogP contribution < -0.4 is 11.6 Å². The van der Waals surface area contributed by atoms with E-state index in [-0.39, 0.29) is 31.7 Å². The fraction of sp³-hybridized carbons (Fsp3) is 0.500. The van der Waals surface area contributed by atoms with Gasteiger partial charge in [-0.2, -0.15) is 13.5 Å². The van der Waals surface area contributed by atoms with Crippen LogP contribution in [0.1, 0.15) is 12.8 Å². The Kier molecular flexibility index (Phi) is 4.77. The van der Waals surface area contributed by atoms with Crippen LogP contribution in [0.4, 0.5) is 10.6 Å². The summed E-state index contributed by atoms with van der Waals surface area (Å²) in [6.45, 7) is -0.293. The number of piperidine rings is 1. The van der Waals surface area contributed by atoms with Gasteiger partial charge in [-0.15, -0.1) is 4.28 Å². The molecule has 2 saturated heterocycles. The average Bonchev–Trinajstić information content (AvgIpc) is 3.09. The van der Waals surface area contributed by atoms with E-state index >= 15 is 0 Å². The standard InChI is InChI=1S/C12H17N7O7S/c13-9-4-16(6-15-9)5-10(20)18(14)11(21)8-2-1-7-3-17(8)12(22)19(7)26-27(23,24)25/h4,6-8H,1-3,5,13-14H2,(H,23,24,25)/t7-,8+/m1/s1. The quantitative estimate of drug-likeness (QED) is 0.208. The highest BCUT2D eigenvalue weighted by Crippen LogP contribution is 2.31. The van der Waals surface area contributed by atoms with Crippen molar-refractivity contribution in [3.63, 3.8) is 0 Å². The molecular formula is C12H17N7O7S. The Balaban J connectivity index is 1.68. The Labute approximate surface area is 153 Å². The minimum atomic E-state index is -4.89. The minimum Gasteiger partial charge on any atom is -0.382 e. The largest absolute Gasteiger partial charge is 0.418 e. The van der Waals surface area contributed by atoms with Crippen LogP contribution in [-0.2, 0) is 30.8 Å². The van der Waals surface area contributed by atoms with Gasteiger partial charge < -0.3 is 15.2 Å². The van der Waals surface area contributed by atoms with E-state index in [1.54, 1.807) is 0 Å². The van der Waals surface area contributed by atoms with Gasteiger partial charge in [0.15, 0.2) is 0 Å². The summed E-state index contributed by atoms with van der Waals surface area (Å²) in [6.07, 6.45) is 3.04. The summed E-state index contributed by atoms with van der Waals surface area (Å²) in [6, 6.07) is -2.64. The number of hydrogen-bond acceptors (Lipinski definition) is 9. The number of imide groups is 1. The summed E-state index contributed by atoms with van der Waals surface area (Å²) < 4.78 is 36.1. The third kappa shape index (κ3) is 3.85. The average molecular weight is 403 g/mol. The monoisotopic (exact) mass is 403 g/mol. The smallest absolute Gasteiger partial charge is 0.382 e. The Morgan fingerprint density at radius 1 is 1.41 bits per heavy atom. The summed E-state index contributed by atoms with van der Waals surface area (Å²) in [5.74, 6) is 4.22. The minimum absolute atomic E-state index is 0.00908. The number of hydrogen-bond donors (Lipinski definition) is 3. The van der Waals surface area contributed by atoms with Gasteiger partial charge in [0.1, 0.15) is 18.4 Å². The number of imidazole rings is 1.